The van der Waals surface area contributed by atoms with Crippen LogP contribution in [0.2, 0.25) is 0 Å². The van der Waals surface area contributed by atoms with Gasteiger partial charge >= 0.3 is 6.09 Å². The van der Waals surface area contributed by atoms with Gasteiger partial charge < -0.3 is 9.64 Å². The molecule has 0 aliphatic carbocycles. The normalized spacial score (nSPS) is 23.4. The first-order chi connectivity index (χ1) is 12.4. The number of aromatic nitrogens is 2. The van der Waals surface area contributed by atoms with Crippen molar-refractivity contribution in [3.63, 3.8) is 0 Å². The van der Waals surface area contributed by atoms with Crippen LogP contribution in [0.3, 0.4) is 0 Å². The summed E-state index contributed by atoms with van der Waals surface area (Å²) in [5.74, 6) is 0.531. The molecule has 0 bridgehead atoms. The van der Waals surface area contributed by atoms with E-state index in [1.165, 1.54) is 11.1 Å². The molecule has 1 aromatic carbocycles. The van der Waals surface area contributed by atoms with Crippen LogP contribution in [0.15, 0.2) is 36.7 Å². The number of hydrogen-bond donors (Lipinski definition) is 0. The van der Waals surface area contributed by atoms with E-state index >= 15 is 0 Å². The van der Waals surface area contributed by atoms with E-state index in [1.807, 2.05) is 10.9 Å². The molecule has 2 fully saturated rings. The van der Waals surface area contributed by atoms with Gasteiger partial charge in [-0.3, -0.25) is 4.90 Å². The molecule has 6 heteroatoms. The zero-order valence-electron chi connectivity index (χ0n) is 15.7. The summed E-state index contributed by atoms with van der Waals surface area (Å²) in [6.07, 6.45) is 4.70. The smallest absolute Gasteiger partial charge is 0.410 e. The van der Waals surface area contributed by atoms with Gasteiger partial charge in [-0.05, 0) is 23.6 Å². The van der Waals surface area contributed by atoms with Crippen molar-refractivity contribution in [2.24, 2.45) is 0 Å². The molecule has 1 atom stereocenters. The average Bonchev–Trinajstić information content (AvgIpc) is 3.29. The third kappa shape index (κ3) is 3.21. The topological polar surface area (TPSA) is 50.6 Å². The highest BCUT2D eigenvalue weighted by atomic mass is 16.6. The van der Waals surface area contributed by atoms with Gasteiger partial charge in [-0.1, -0.05) is 26.0 Å². The van der Waals surface area contributed by atoms with Gasteiger partial charge in [-0.2, -0.15) is 5.10 Å². The summed E-state index contributed by atoms with van der Waals surface area (Å²) < 4.78 is 7.54. The maximum absolute atomic E-state index is 11.7. The largest absolute Gasteiger partial charge is 0.439 e. The predicted molar refractivity (Wildman–Crippen MR) is 99.4 cm³/mol. The summed E-state index contributed by atoms with van der Waals surface area (Å²) in [5, 5.41) is 4.51. The Bertz CT molecular complexity index is 798. The lowest BCUT2D eigenvalue weighted by molar-refractivity contribution is 0.0627. The molecule has 1 spiro atoms. The molecule has 2 aliphatic rings. The SMILES string of the molecule is CC(C)c1ccc(-n2cc(CN3CC[C@@]4(C3)CN(C)C(=O)O4)cn2)cc1. The van der Waals surface area contributed by atoms with Crippen molar-refractivity contribution in [2.45, 2.75) is 38.3 Å². The minimum atomic E-state index is -0.325. The van der Waals surface area contributed by atoms with E-state index in [9.17, 15) is 4.79 Å². The first-order valence-corrected chi connectivity index (χ1v) is 9.24. The molecule has 138 valence electrons. The van der Waals surface area contributed by atoms with E-state index in [4.69, 9.17) is 4.74 Å². The monoisotopic (exact) mass is 354 g/mol. The van der Waals surface area contributed by atoms with Crippen molar-refractivity contribution in [2.75, 3.05) is 26.7 Å². The van der Waals surface area contributed by atoms with E-state index in [-0.39, 0.29) is 11.7 Å². The van der Waals surface area contributed by atoms with Crippen LogP contribution in [0.4, 0.5) is 4.79 Å². The Hall–Kier alpha value is -2.34. The molecule has 1 aromatic heterocycles. The Kier molecular flexibility index (Phi) is 4.23. The molecule has 26 heavy (non-hydrogen) atoms. The standard InChI is InChI=1S/C20H26N4O2/c1-15(2)17-4-6-18(7-5-17)24-12-16(10-21-24)11-23-9-8-20(14-23)13-22(3)19(25)26-20/h4-7,10,12,15H,8-9,11,13-14H2,1-3H3/t20-/m0/s1. The second kappa shape index (κ2) is 6.43. The number of rotatable bonds is 4. The molecule has 2 saturated heterocycles. The lowest BCUT2D eigenvalue weighted by Crippen LogP contribution is -2.36. The van der Waals surface area contributed by atoms with Crippen molar-refractivity contribution in [1.29, 1.82) is 0 Å². The van der Waals surface area contributed by atoms with E-state index in [1.54, 1.807) is 11.9 Å². The van der Waals surface area contributed by atoms with E-state index in [2.05, 4.69) is 54.3 Å². The number of ether oxygens (including phenoxy) is 1. The van der Waals surface area contributed by atoms with Crippen LogP contribution in [0.5, 0.6) is 0 Å². The summed E-state index contributed by atoms with van der Waals surface area (Å²) in [6.45, 7) is 7.63. The molecule has 4 rings (SSSR count). The zero-order chi connectivity index (χ0) is 18.3. The van der Waals surface area contributed by atoms with Gasteiger partial charge in [0.1, 0.15) is 5.60 Å². The molecule has 3 heterocycles. The van der Waals surface area contributed by atoms with Gasteiger partial charge in [0, 0.05) is 44.9 Å². The molecule has 0 unspecified atom stereocenters. The molecule has 2 aliphatic heterocycles. The van der Waals surface area contributed by atoms with Crippen molar-refractivity contribution >= 4 is 6.09 Å². The van der Waals surface area contributed by atoms with Crippen LogP contribution >= 0.6 is 0 Å². The Morgan fingerprint density at radius 3 is 2.65 bits per heavy atom. The Labute approximate surface area is 154 Å². The highest BCUT2D eigenvalue weighted by molar-refractivity contribution is 5.70. The number of carbonyl (C=O) groups is 1. The minimum Gasteiger partial charge on any atom is -0.439 e. The summed E-state index contributed by atoms with van der Waals surface area (Å²) >= 11 is 0. The molecule has 2 aromatic rings. The Morgan fingerprint density at radius 1 is 1.23 bits per heavy atom. The highest BCUT2D eigenvalue weighted by Gasteiger charge is 2.48. The van der Waals surface area contributed by atoms with Crippen molar-refractivity contribution in [1.82, 2.24) is 19.6 Å². The Balaban J connectivity index is 1.41. The van der Waals surface area contributed by atoms with Crippen LogP contribution in [0.25, 0.3) is 5.69 Å². The molecule has 1 amide bonds. The second-order valence-electron chi connectivity index (χ2n) is 7.91. The maximum Gasteiger partial charge on any atom is 0.410 e. The van der Waals surface area contributed by atoms with Gasteiger partial charge in [0.15, 0.2) is 0 Å². The lowest BCUT2D eigenvalue weighted by atomic mass is 10.0. The number of carbonyl (C=O) groups excluding carboxylic acids is 1. The highest BCUT2D eigenvalue weighted by Crippen LogP contribution is 2.32. The summed E-state index contributed by atoms with van der Waals surface area (Å²) in [5.41, 5.74) is 3.26. The number of likely N-dealkylation sites (tertiary alicyclic amines) is 1. The fourth-order valence-electron chi connectivity index (χ4n) is 3.92. The van der Waals surface area contributed by atoms with Gasteiger partial charge in [0.25, 0.3) is 0 Å². The Morgan fingerprint density at radius 2 is 2.00 bits per heavy atom. The van der Waals surface area contributed by atoms with Crippen LogP contribution in [0.1, 0.15) is 37.3 Å². The second-order valence-corrected chi connectivity index (χ2v) is 7.91. The zero-order valence-corrected chi connectivity index (χ0v) is 15.7. The van der Waals surface area contributed by atoms with Gasteiger partial charge in [0.2, 0.25) is 0 Å². The minimum absolute atomic E-state index is 0.204. The third-order valence-corrected chi connectivity index (χ3v) is 5.40. The van der Waals surface area contributed by atoms with Crippen LogP contribution in [-0.2, 0) is 11.3 Å². The molecule has 0 radical (unpaired) electrons. The third-order valence-electron chi connectivity index (χ3n) is 5.40. The van der Waals surface area contributed by atoms with Crippen molar-refractivity contribution in [3.8, 4) is 5.69 Å². The van der Waals surface area contributed by atoms with Crippen LogP contribution < -0.4 is 0 Å². The lowest BCUT2D eigenvalue weighted by Gasteiger charge is -2.21. The fraction of sp³-hybridized carbons (Fsp3) is 0.500. The maximum atomic E-state index is 11.7. The number of benzene rings is 1. The van der Waals surface area contributed by atoms with Crippen LogP contribution in [0, 0.1) is 0 Å². The number of amides is 1. The van der Waals surface area contributed by atoms with Crippen LogP contribution in [-0.4, -0.2) is 58.0 Å². The van der Waals surface area contributed by atoms with E-state index < -0.39 is 0 Å². The quantitative estimate of drug-likeness (QED) is 0.847. The van der Waals surface area contributed by atoms with E-state index in [0.717, 1.165) is 31.7 Å². The number of nitrogens with zero attached hydrogens (tertiary/aromatic N) is 4. The first kappa shape index (κ1) is 17.1. The number of likely N-dealkylation sites (N-methyl/N-ethyl adjacent to an activating group) is 1. The fourth-order valence-corrected chi connectivity index (χ4v) is 3.92. The summed E-state index contributed by atoms with van der Waals surface area (Å²) in [4.78, 5) is 15.7. The number of hydrogen-bond acceptors (Lipinski definition) is 4. The van der Waals surface area contributed by atoms with Gasteiger partial charge in [-0.15, -0.1) is 0 Å². The first-order valence-electron chi connectivity index (χ1n) is 9.24. The van der Waals surface area contributed by atoms with Gasteiger partial charge in [0.05, 0.1) is 18.4 Å². The molecular formula is C20H26N4O2. The predicted octanol–water partition coefficient (Wildman–Crippen LogP) is 3.02. The molecule has 6 nitrogen and oxygen atoms in total. The van der Waals surface area contributed by atoms with Crippen molar-refractivity contribution in [3.05, 3.63) is 47.8 Å². The summed E-state index contributed by atoms with van der Waals surface area (Å²) in [6, 6.07) is 8.56. The molecule has 0 N–H and O–H groups in total. The average molecular weight is 354 g/mol. The van der Waals surface area contributed by atoms with Crippen molar-refractivity contribution < 1.29 is 9.53 Å². The molecule has 0 saturated carbocycles. The molecular weight excluding hydrogens is 328 g/mol. The summed E-state index contributed by atoms with van der Waals surface area (Å²) in [7, 11) is 1.80. The van der Waals surface area contributed by atoms with Gasteiger partial charge in [-0.25, -0.2) is 9.48 Å². The van der Waals surface area contributed by atoms with E-state index in [0.29, 0.717) is 12.5 Å².